The van der Waals surface area contributed by atoms with E-state index >= 15 is 0 Å². The first-order valence-electron chi connectivity index (χ1n) is 5.42. The molecule has 2 unspecified atom stereocenters. The van der Waals surface area contributed by atoms with Crippen molar-refractivity contribution in [2.45, 2.75) is 19.0 Å². The van der Waals surface area contributed by atoms with Gasteiger partial charge in [0, 0.05) is 11.6 Å². The van der Waals surface area contributed by atoms with Gasteiger partial charge in [0.2, 0.25) is 0 Å². The molecule has 88 valence electrons. The number of ether oxygens (including phenoxy) is 2. The maximum absolute atomic E-state index is 10.0. The molecule has 0 aliphatic carbocycles. The van der Waals surface area contributed by atoms with Gasteiger partial charge in [-0.1, -0.05) is 12.1 Å². The summed E-state index contributed by atoms with van der Waals surface area (Å²) in [6, 6.07) is 5.82. The highest BCUT2D eigenvalue weighted by atomic mass is 16.5. The molecule has 0 bridgehead atoms. The SMILES string of the molecule is COc1cccc(C2COCC(C)N2)c1O. The third kappa shape index (κ3) is 2.13. The number of phenolic OH excluding ortho intramolecular Hbond substituents is 1. The van der Waals surface area contributed by atoms with Gasteiger partial charge in [-0.25, -0.2) is 0 Å². The lowest BCUT2D eigenvalue weighted by Crippen LogP contribution is -2.41. The summed E-state index contributed by atoms with van der Waals surface area (Å²) >= 11 is 0. The number of rotatable bonds is 2. The number of methoxy groups -OCH3 is 1. The molecule has 1 aromatic rings. The van der Waals surface area contributed by atoms with Gasteiger partial charge in [0.1, 0.15) is 0 Å². The molecule has 0 aromatic heterocycles. The second kappa shape index (κ2) is 4.72. The first kappa shape index (κ1) is 11.2. The number of hydrogen-bond acceptors (Lipinski definition) is 4. The van der Waals surface area contributed by atoms with Crippen molar-refractivity contribution in [1.29, 1.82) is 0 Å². The van der Waals surface area contributed by atoms with E-state index in [0.717, 1.165) is 5.56 Å². The van der Waals surface area contributed by atoms with E-state index in [9.17, 15) is 5.11 Å². The maximum Gasteiger partial charge on any atom is 0.162 e. The molecule has 0 saturated carbocycles. The molecule has 2 rings (SSSR count). The van der Waals surface area contributed by atoms with Crippen LogP contribution in [0.2, 0.25) is 0 Å². The summed E-state index contributed by atoms with van der Waals surface area (Å²) in [6.07, 6.45) is 0. The fourth-order valence-corrected chi connectivity index (χ4v) is 1.97. The normalized spacial score (nSPS) is 25.4. The first-order valence-corrected chi connectivity index (χ1v) is 5.42. The molecular formula is C12H17NO3. The first-order chi connectivity index (χ1) is 7.72. The molecule has 1 aromatic carbocycles. The molecule has 1 fully saturated rings. The minimum atomic E-state index is 0.0267. The van der Waals surface area contributed by atoms with Crippen molar-refractivity contribution in [2.75, 3.05) is 20.3 Å². The predicted octanol–water partition coefficient (Wildman–Crippen LogP) is 1.45. The van der Waals surface area contributed by atoms with Crippen molar-refractivity contribution in [1.82, 2.24) is 5.32 Å². The van der Waals surface area contributed by atoms with Gasteiger partial charge in [0.15, 0.2) is 11.5 Å². The predicted molar refractivity (Wildman–Crippen MR) is 60.8 cm³/mol. The van der Waals surface area contributed by atoms with Gasteiger partial charge in [0.05, 0.1) is 26.4 Å². The van der Waals surface area contributed by atoms with Crippen LogP contribution >= 0.6 is 0 Å². The molecule has 0 amide bonds. The Morgan fingerprint density at radius 2 is 2.25 bits per heavy atom. The number of hydrogen-bond donors (Lipinski definition) is 2. The Morgan fingerprint density at radius 1 is 1.44 bits per heavy atom. The van der Waals surface area contributed by atoms with E-state index in [2.05, 4.69) is 12.2 Å². The van der Waals surface area contributed by atoms with Crippen LogP contribution < -0.4 is 10.1 Å². The maximum atomic E-state index is 10.0. The number of para-hydroxylation sites is 1. The van der Waals surface area contributed by atoms with E-state index in [1.54, 1.807) is 13.2 Å². The van der Waals surface area contributed by atoms with E-state index in [0.29, 0.717) is 25.0 Å². The van der Waals surface area contributed by atoms with Crippen LogP contribution in [0.3, 0.4) is 0 Å². The average molecular weight is 223 g/mol. The highest BCUT2D eigenvalue weighted by Gasteiger charge is 2.23. The third-order valence-corrected chi connectivity index (χ3v) is 2.76. The number of phenols is 1. The topological polar surface area (TPSA) is 50.7 Å². The van der Waals surface area contributed by atoms with Crippen molar-refractivity contribution in [3.05, 3.63) is 23.8 Å². The Morgan fingerprint density at radius 3 is 2.94 bits per heavy atom. The van der Waals surface area contributed by atoms with Crippen molar-refractivity contribution < 1.29 is 14.6 Å². The lowest BCUT2D eigenvalue weighted by Gasteiger charge is -2.29. The molecule has 1 aliphatic heterocycles. The molecule has 4 heteroatoms. The van der Waals surface area contributed by atoms with Gasteiger partial charge >= 0.3 is 0 Å². The van der Waals surface area contributed by atoms with Crippen LogP contribution in [0.4, 0.5) is 0 Å². The quantitative estimate of drug-likeness (QED) is 0.796. The lowest BCUT2D eigenvalue weighted by molar-refractivity contribution is 0.0496. The summed E-state index contributed by atoms with van der Waals surface area (Å²) in [5.74, 6) is 0.692. The third-order valence-electron chi connectivity index (χ3n) is 2.76. The summed E-state index contributed by atoms with van der Waals surface area (Å²) in [5.41, 5.74) is 0.825. The Hall–Kier alpha value is -1.26. The highest BCUT2D eigenvalue weighted by Crippen LogP contribution is 2.34. The largest absolute Gasteiger partial charge is 0.504 e. The van der Waals surface area contributed by atoms with Crippen molar-refractivity contribution in [2.24, 2.45) is 0 Å². The number of benzene rings is 1. The van der Waals surface area contributed by atoms with Crippen molar-refractivity contribution in [3.63, 3.8) is 0 Å². The smallest absolute Gasteiger partial charge is 0.162 e. The molecule has 1 aliphatic rings. The van der Waals surface area contributed by atoms with E-state index < -0.39 is 0 Å². The molecular weight excluding hydrogens is 206 g/mol. The van der Waals surface area contributed by atoms with Crippen molar-refractivity contribution in [3.8, 4) is 11.5 Å². The lowest BCUT2D eigenvalue weighted by atomic mass is 10.0. The standard InChI is InChI=1S/C12H17NO3/c1-8-6-16-7-10(13-8)9-4-3-5-11(15-2)12(9)14/h3-5,8,10,13-14H,6-7H2,1-2H3. The average Bonchev–Trinajstić information content (AvgIpc) is 2.29. The summed E-state index contributed by atoms with van der Waals surface area (Å²) in [4.78, 5) is 0. The Labute approximate surface area is 95.2 Å². The second-order valence-electron chi connectivity index (χ2n) is 4.06. The Kier molecular flexibility index (Phi) is 3.31. The van der Waals surface area contributed by atoms with Gasteiger partial charge in [-0.3, -0.25) is 0 Å². The minimum Gasteiger partial charge on any atom is -0.504 e. The van der Waals surface area contributed by atoms with Crippen LogP contribution in [0.25, 0.3) is 0 Å². The highest BCUT2D eigenvalue weighted by molar-refractivity contribution is 5.47. The van der Waals surface area contributed by atoms with Crippen LogP contribution in [-0.2, 0) is 4.74 Å². The van der Waals surface area contributed by atoms with Crippen LogP contribution in [-0.4, -0.2) is 31.5 Å². The van der Waals surface area contributed by atoms with E-state index in [1.165, 1.54) is 0 Å². The number of aromatic hydroxyl groups is 1. The van der Waals surface area contributed by atoms with Gasteiger partial charge in [-0.05, 0) is 13.0 Å². The minimum absolute atomic E-state index is 0.0267. The van der Waals surface area contributed by atoms with Gasteiger partial charge in [-0.2, -0.15) is 0 Å². The molecule has 1 saturated heterocycles. The molecule has 4 nitrogen and oxygen atoms in total. The summed E-state index contributed by atoms with van der Waals surface area (Å²) in [7, 11) is 1.55. The zero-order valence-electron chi connectivity index (χ0n) is 9.56. The summed E-state index contributed by atoms with van der Waals surface area (Å²) in [5, 5.41) is 13.4. The molecule has 0 spiro atoms. The molecule has 2 atom stereocenters. The van der Waals surface area contributed by atoms with Gasteiger partial charge in [0.25, 0.3) is 0 Å². The molecule has 2 N–H and O–H groups in total. The zero-order valence-corrected chi connectivity index (χ0v) is 9.56. The molecule has 16 heavy (non-hydrogen) atoms. The number of nitrogens with one attached hydrogen (secondary N) is 1. The fraction of sp³-hybridized carbons (Fsp3) is 0.500. The number of morpholine rings is 1. The van der Waals surface area contributed by atoms with E-state index in [1.807, 2.05) is 12.1 Å². The monoisotopic (exact) mass is 223 g/mol. The molecule has 1 heterocycles. The van der Waals surface area contributed by atoms with Crippen LogP contribution in [0.1, 0.15) is 18.5 Å². The molecule has 0 radical (unpaired) electrons. The van der Waals surface area contributed by atoms with E-state index in [4.69, 9.17) is 9.47 Å². The van der Waals surface area contributed by atoms with Gasteiger partial charge < -0.3 is 19.9 Å². The summed E-state index contributed by atoms with van der Waals surface area (Å²) < 4.78 is 10.5. The van der Waals surface area contributed by atoms with Crippen LogP contribution in [0.5, 0.6) is 11.5 Å². The Bertz CT molecular complexity index is 367. The summed E-state index contributed by atoms with van der Waals surface area (Å²) in [6.45, 7) is 3.34. The van der Waals surface area contributed by atoms with Gasteiger partial charge in [-0.15, -0.1) is 0 Å². The van der Waals surface area contributed by atoms with E-state index in [-0.39, 0.29) is 11.8 Å². The van der Waals surface area contributed by atoms with Crippen LogP contribution in [0, 0.1) is 0 Å². The fourth-order valence-electron chi connectivity index (χ4n) is 1.97. The van der Waals surface area contributed by atoms with Crippen molar-refractivity contribution >= 4 is 0 Å². The second-order valence-corrected chi connectivity index (χ2v) is 4.06. The zero-order chi connectivity index (χ0) is 11.5. The Balaban J connectivity index is 2.25. The van der Waals surface area contributed by atoms with Crippen LogP contribution in [0.15, 0.2) is 18.2 Å².